The topological polar surface area (TPSA) is 15.3 Å². The van der Waals surface area contributed by atoms with Crippen LogP contribution in [0, 0.1) is 0 Å². The van der Waals surface area contributed by atoms with Crippen molar-refractivity contribution >= 4 is 0 Å². The van der Waals surface area contributed by atoms with Gasteiger partial charge in [-0.25, -0.2) is 0 Å². The van der Waals surface area contributed by atoms with E-state index in [0.717, 1.165) is 6.42 Å². The molecule has 1 unspecified atom stereocenters. The molecule has 0 aromatic rings. The molecular formula is C15H30N2. The zero-order valence-electron chi connectivity index (χ0n) is 12.0. The van der Waals surface area contributed by atoms with Crippen LogP contribution in [0.3, 0.4) is 0 Å². The average molecular weight is 238 g/mol. The minimum atomic E-state index is 0.355. The minimum Gasteiger partial charge on any atom is -0.315 e. The lowest BCUT2D eigenvalue weighted by atomic mass is 9.79. The molecule has 0 saturated heterocycles. The van der Waals surface area contributed by atoms with Gasteiger partial charge in [-0.1, -0.05) is 31.8 Å². The van der Waals surface area contributed by atoms with Crippen molar-refractivity contribution in [1.29, 1.82) is 0 Å². The van der Waals surface area contributed by atoms with Crippen LogP contribution >= 0.6 is 0 Å². The molecule has 1 fully saturated rings. The molecule has 1 aliphatic rings. The zero-order valence-corrected chi connectivity index (χ0v) is 12.0. The standard InChI is InChI=1S/C15H30N2/c1-5-6-11-14(16-2)15(17(3)4)12-9-7-8-10-13-15/h5,14,16H,1,6-13H2,2-4H3. The molecular weight excluding hydrogens is 208 g/mol. The fourth-order valence-corrected chi connectivity index (χ4v) is 3.41. The number of rotatable bonds is 6. The summed E-state index contributed by atoms with van der Waals surface area (Å²) in [6.07, 6.45) is 12.6. The second-order valence-electron chi connectivity index (χ2n) is 5.62. The Hall–Kier alpha value is -0.340. The summed E-state index contributed by atoms with van der Waals surface area (Å²) >= 11 is 0. The van der Waals surface area contributed by atoms with Gasteiger partial charge in [-0.15, -0.1) is 6.58 Å². The van der Waals surface area contributed by atoms with E-state index in [1.807, 2.05) is 6.08 Å². The zero-order chi connectivity index (χ0) is 12.7. The maximum atomic E-state index is 3.86. The van der Waals surface area contributed by atoms with Gasteiger partial charge >= 0.3 is 0 Å². The third-order valence-corrected chi connectivity index (χ3v) is 4.52. The van der Waals surface area contributed by atoms with E-state index in [9.17, 15) is 0 Å². The van der Waals surface area contributed by atoms with Crippen molar-refractivity contribution in [2.75, 3.05) is 21.1 Å². The molecule has 0 aliphatic heterocycles. The van der Waals surface area contributed by atoms with Gasteiger partial charge < -0.3 is 10.2 Å². The first-order valence-electron chi connectivity index (χ1n) is 7.13. The predicted molar refractivity (Wildman–Crippen MR) is 76.4 cm³/mol. The Kier molecular flexibility index (Phi) is 6.21. The SMILES string of the molecule is C=CCCC(NC)C1(N(C)C)CCCCCC1. The Labute approximate surface area is 107 Å². The van der Waals surface area contributed by atoms with Crippen LogP contribution in [0.5, 0.6) is 0 Å². The van der Waals surface area contributed by atoms with E-state index in [1.165, 1.54) is 44.9 Å². The highest BCUT2D eigenvalue weighted by molar-refractivity contribution is 4.99. The van der Waals surface area contributed by atoms with Crippen LogP contribution in [0.25, 0.3) is 0 Å². The lowest BCUT2D eigenvalue weighted by Crippen LogP contribution is -2.58. The first-order chi connectivity index (χ1) is 8.17. The summed E-state index contributed by atoms with van der Waals surface area (Å²) in [5, 5.41) is 3.57. The fraction of sp³-hybridized carbons (Fsp3) is 0.867. The number of nitrogens with one attached hydrogen (secondary N) is 1. The van der Waals surface area contributed by atoms with Crippen molar-refractivity contribution in [2.45, 2.75) is 62.9 Å². The lowest BCUT2D eigenvalue weighted by molar-refractivity contribution is 0.0801. The summed E-state index contributed by atoms with van der Waals surface area (Å²) in [5.41, 5.74) is 0.355. The van der Waals surface area contributed by atoms with Crippen LogP contribution < -0.4 is 5.32 Å². The van der Waals surface area contributed by atoms with E-state index in [4.69, 9.17) is 0 Å². The van der Waals surface area contributed by atoms with Gasteiger partial charge in [0.05, 0.1) is 0 Å². The number of nitrogens with zero attached hydrogens (tertiary/aromatic N) is 1. The summed E-state index contributed by atoms with van der Waals surface area (Å²) in [6, 6.07) is 0.591. The molecule has 1 atom stereocenters. The van der Waals surface area contributed by atoms with Crippen LogP contribution in [0.1, 0.15) is 51.4 Å². The predicted octanol–water partition coefficient (Wildman–Crippen LogP) is 3.20. The van der Waals surface area contributed by atoms with E-state index in [0.29, 0.717) is 11.6 Å². The Bertz CT molecular complexity index is 215. The molecule has 1 N–H and O–H groups in total. The molecule has 100 valence electrons. The molecule has 1 rings (SSSR count). The van der Waals surface area contributed by atoms with Gasteiger partial charge in [-0.2, -0.15) is 0 Å². The van der Waals surface area contributed by atoms with Crippen molar-refractivity contribution in [2.24, 2.45) is 0 Å². The van der Waals surface area contributed by atoms with Gasteiger partial charge in [0.15, 0.2) is 0 Å². The quantitative estimate of drug-likeness (QED) is 0.565. The third kappa shape index (κ3) is 3.56. The molecule has 0 bridgehead atoms. The van der Waals surface area contributed by atoms with Crippen LogP contribution in [0.4, 0.5) is 0 Å². The summed E-state index contributed by atoms with van der Waals surface area (Å²) in [7, 11) is 6.62. The lowest BCUT2D eigenvalue weighted by Gasteiger charge is -2.46. The van der Waals surface area contributed by atoms with Crippen LogP contribution in [-0.2, 0) is 0 Å². The molecule has 0 spiro atoms. The maximum absolute atomic E-state index is 3.86. The normalized spacial score (nSPS) is 22.1. The number of allylic oxidation sites excluding steroid dienone is 1. The monoisotopic (exact) mass is 238 g/mol. The van der Waals surface area contributed by atoms with Gasteiger partial charge in [0.25, 0.3) is 0 Å². The van der Waals surface area contributed by atoms with Crippen LogP contribution in [0.15, 0.2) is 12.7 Å². The van der Waals surface area contributed by atoms with Crippen LogP contribution in [-0.4, -0.2) is 37.6 Å². The second kappa shape index (κ2) is 7.17. The molecule has 0 aromatic heterocycles. The van der Waals surface area contributed by atoms with E-state index in [-0.39, 0.29) is 0 Å². The van der Waals surface area contributed by atoms with Gasteiger partial charge in [-0.05, 0) is 46.8 Å². The van der Waals surface area contributed by atoms with Crippen molar-refractivity contribution in [3.8, 4) is 0 Å². The van der Waals surface area contributed by atoms with Gasteiger partial charge in [0.2, 0.25) is 0 Å². The van der Waals surface area contributed by atoms with Crippen molar-refractivity contribution in [3.63, 3.8) is 0 Å². The molecule has 0 amide bonds. The van der Waals surface area contributed by atoms with Crippen molar-refractivity contribution in [3.05, 3.63) is 12.7 Å². The number of likely N-dealkylation sites (N-methyl/N-ethyl adjacent to an activating group) is 2. The first kappa shape index (κ1) is 14.7. The molecule has 0 heterocycles. The molecule has 0 radical (unpaired) electrons. The molecule has 2 heteroatoms. The first-order valence-corrected chi connectivity index (χ1v) is 7.13. The molecule has 0 aromatic carbocycles. The van der Waals surface area contributed by atoms with E-state index < -0.39 is 0 Å². The molecule has 1 aliphatic carbocycles. The highest BCUT2D eigenvalue weighted by Gasteiger charge is 2.39. The molecule has 1 saturated carbocycles. The highest BCUT2D eigenvalue weighted by Crippen LogP contribution is 2.35. The van der Waals surface area contributed by atoms with E-state index >= 15 is 0 Å². The molecule has 17 heavy (non-hydrogen) atoms. The van der Waals surface area contributed by atoms with E-state index in [1.54, 1.807) is 0 Å². The Morgan fingerprint density at radius 2 is 1.82 bits per heavy atom. The maximum Gasteiger partial charge on any atom is 0.0356 e. The minimum absolute atomic E-state index is 0.355. The number of hydrogen-bond donors (Lipinski definition) is 1. The Morgan fingerprint density at radius 1 is 1.24 bits per heavy atom. The largest absolute Gasteiger partial charge is 0.315 e. The van der Waals surface area contributed by atoms with Gasteiger partial charge in [-0.3, -0.25) is 0 Å². The Balaban J connectivity index is 2.81. The van der Waals surface area contributed by atoms with Crippen LogP contribution in [0.2, 0.25) is 0 Å². The molecule has 2 nitrogen and oxygen atoms in total. The summed E-state index contributed by atoms with van der Waals surface area (Å²) < 4.78 is 0. The van der Waals surface area contributed by atoms with E-state index in [2.05, 4.69) is 37.9 Å². The fourth-order valence-electron chi connectivity index (χ4n) is 3.41. The second-order valence-corrected chi connectivity index (χ2v) is 5.62. The van der Waals surface area contributed by atoms with Crippen molar-refractivity contribution in [1.82, 2.24) is 10.2 Å². The third-order valence-electron chi connectivity index (χ3n) is 4.52. The summed E-state index contributed by atoms with van der Waals surface area (Å²) in [6.45, 7) is 3.86. The average Bonchev–Trinajstić information content (AvgIpc) is 2.57. The highest BCUT2D eigenvalue weighted by atomic mass is 15.2. The smallest absolute Gasteiger partial charge is 0.0356 e. The van der Waals surface area contributed by atoms with Crippen molar-refractivity contribution < 1.29 is 0 Å². The summed E-state index contributed by atoms with van der Waals surface area (Å²) in [4.78, 5) is 2.47. The van der Waals surface area contributed by atoms with Gasteiger partial charge in [0, 0.05) is 11.6 Å². The Morgan fingerprint density at radius 3 is 2.24 bits per heavy atom. The van der Waals surface area contributed by atoms with Gasteiger partial charge in [0.1, 0.15) is 0 Å². The number of hydrogen-bond acceptors (Lipinski definition) is 2. The summed E-state index contributed by atoms with van der Waals surface area (Å²) in [5.74, 6) is 0.